The van der Waals surface area contributed by atoms with Crippen LogP contribution in [-0.4, -0.2) is 17.5 Å². The summed E-state index contributed by atoms with van der Waals surface area (Å²) >= 11 is 5.80. The lowest BCUT2D eigenvalue weighted by Gasteiger charge is -2.11. The molecule has 0 aliphatic carbocycles. The van der Waals surface area contributed by atoms with Crippen molar-refractivity contribution >= 4 is 23.6 Å². The summed E-state index contributed by atoms with van der Waals surface area (Å²) in [6, 6.07) is 11.0. The van der Waals surface area contributed by atoms with Crippen LogP contribution >= 0.6 is 11.6 Å². The summed E-state index contributed by atoms with van der Waals surface area (Å²) in [5.74, 6) is 0.00908. The average Bonchev–Trinajstić information content (AvgIpc) is 2.57. The Morgan fingerprint density at radius 3 is 2.48 bits per heavy atom. The molecule has 7 heteroatoms. The molecule has 130 valence electrons. The molecule has 0 atom stereocenters. The highest BCUT2D eigenvalue weighted by molar-refractivity contribution is 6.30. The number of hydrogen-bond donors (Lipinski definition) is 0. The van der Waals surface area contributed by atoms with Gasteiger partial charge < -0.3 is 9.47 Å². The third kappa shape index (κ3) is 5.06. The van der Waals surface area contributed by atoms with E-state index in [1.54, 1.807) is 43.3 Å². The molecule has 2 aromatic rings. The smallest absolute Gasteiger partial charge is 0.343 e. The molecule has 0 fully saturated rings. The number of hydrogen-bond acceptors (Lipinski definition) is 5. The van der Waals surface area contributed by atoms with Gasteiger partial charge in [-0.25, -0.2) is 4.79 Å². The minimum atomic E-state index is -0.553. The number of nitrogens with zero attached hydrogens (tertiary/aromatic N) is 1. The van der Waals surface area contributed by atoms with Crippen LogP contribution < -0.4 is 9.47 Å². The summed E-state index contributed by atoms with van der Waals surface area (Å²) in [5, 5.41) is 11.3. The van der Waals surface area contributed by atoms with Gasteiger partial charge in [0.05, 0.1) is 17.1 Å². The van der Waals surface area contributed by atoms with Gasteiger partial charge in [0.1, 0.15) is 0 Å². The molecule has 0 aliphatic heterocycles. The van der Waals surface area contributed by atoms with Gasteiger partial charge in [0.25, 0.3) is 0 Å². The molecular formula is C18H16ClNO5. The number of rotatable bonds is 6. The van der Waals surface area contributed by atoms with E-state index in [2.05, 4.69) is 0 Å². The fourth-order valence-electron chi connectivity index (χ4n) is 2.01. The van der Waals surface area contributed by atoms with Crippen LogP contribution in [0, 0.1) is 10.1 Å². The molecule has 0 aromatic heterocycles. The Labute approximate surface area is 149 Å². The number of ether oxygens (including phenoxy) is 2. The van der Waals surface area contributed by atoms with E-state index in [0.717, 1.165) is 0 Å². The zero-order valence-corrected chi connectivity index (χ0v) is 14.4. The van der Waals surface area contributed by atoms with Crippen LogP contribution in [0.2, 0.25) is 5.02 Å². The third-order valence-electron chi connectivity index (χ3n) is 3.21. The maximum absolute atomic E-state index is 12.2. The Kier molecular flexibility index (Phi) is 6.14. The monoisotopic (exact) mass is 361 g/mol. The minimum Gasteiger partial charge on any atom is -0.490 e. The van der Waals surface area contributed by atoms with Gasteiger partial charge in [-0.3, -0.25) is 10.1 Å². The van der Waals surface area contributed by atoms with Crippen LogP contribution in [0.5, 0.6) is 11.5 Å². The van der Waals surface area contributed by atoms with E-state index in [0.29, 0.717) is 28.5 Å². The number of benzene rings is 2. The molecule has 0 radical (unpaired) electrons. The van der Waals surface area contributed by atoms with Crippen molar-refractivity contribution in [3.05, 3.63) is 74.4 Å². The average molecular weight is 362 g/mol. The van der Waals surface area contributed by atoms with E-state index in [1.807, 2.05) is 0 Å². The predicted octanol–water partition coefficient (Wildman–Crippen LogP) is 4.60. The fourth-order valence-corrected chi connectivity index (χ4v) is 2.13. The molecule has 6 nitrogen and oxygen atoms in total. The maximum atomic E-state index is 12.2. The molecular weight excluding hydrogens is 346 g/mol. The second-order valence-electron chi connectivity index (χ2n) is 5.08. The van der Waals surface area contributed by atoms with Crippen molar-refractivity contribution in [1.29, 1.82) is 0 Å². The Morgan fingerprint density at radius 2 is 1.88 bits per heavy atom. The molecule has 0 aliphatic rings. The lowest BCUT2D eigenvalue weighted by Crippen LogP contribution is -2.09. The van der Waals surface area contributed by atoms with Gasteiger partial charge in [-0.05, 0) is 48.9 Å². The molecule has 0 saturated heterocycles. The first-order chi connectivity index (χ1) is 11.9. The molecule has 0 N–H and O–H groups in total. The third-order valence-corrected chi connectivity index (χ3v) is 3.47. The quantitative estimate of drug-likeness (QED) is 0.325. The Morgan fingerprint density at radius 1 is 1.20 bits per heavy atom. The maximum Gasteiger partial charge on any atom is 0.343 e. The van der Waals surface area contributed by atoms with Gasteiger partial charge in [0.2, 0.25) is 5.70 Å². The van der Waals surface area contributed by atoms with Gasteiger partial charge in [-0.2, -0.15) is 0 Å². The van der Waals surface area contributed by atoms with Crippen LogP contribution in [0.4, 0.5) is 0 Å². The highest BCUT2D eigenvalue weighted by Crippen LogP contribution is 2.30. The lowest BCUT2D eigenvalue weighted by molar-refractivity contribution is -0.422. The van der Waals surface area contributed by atoms with Gasteiger partial charge in [0.15, 0.2) is 11.5 Å². The first-order valence-electron chi connectivity index (χ1n) is 7.48. The van der Waals surface area contributed by atoms with Crippen molar-refractivity contribution in [2.45, 2.75) is 13.8 Å². The number of carbonyl (C=O) groups is 1. The Hall–Kier alpha value is -2.86. The van der Waals surface area contributed by atoms with E-state index < -0.39 is 10.9 Å². The Balaban J connectivity index is 2.27. The summed E-state index contributed by atoms with van der Waals surface area (Å²) in [4.78, 5) is 22.5. The van der Waals surface area contributed by atoms with Gasteiger partial charge in [-0.1, -0.05) is 17.7 Å². The second-order valence-corrected chi connectivity index (χ2v) is 5.51. The fraction of sp³-hybridized carbons (Fsp3) is 0.167. The second kappa shape index (κ2) is 8.30. The molecule has 0 bridgehead atoms. The molecule has 0 unspecified atom stereocenters. The summed E-state index contributed by atoms with van der Waals surface area (Å²) in [6.07, 6.45) is 1.41. The van der Waals surface area contributed by atoms with E-state index in [-0.39, 0.29) is 11.4 Å². The van der Waals surface area contributed by atoms with Crippen molar-refractivity contribution in [1.82, 2.24) is 0 Å². The highest BCUT2D eigenvalue weighted by atomic mass is 35.5. The summed E-state index contributed by atoms with van der Waals surface area (Å²) in [5.41, 5.74) is 0.914. The highest BCUT2D eigenvalue weighted by Gasteiger charge is 2.14. The standard InChI is InChI=1S/C18H16ClNO5/c1-3-24-17-11-13(10-12(2)20(22)23)4-9-16(17)25-18(21)14-5-7-15(19)8-6-14/h4-11H,3H2,1-2H3/b12-10-. The molecule has 0 amide bonds. The van der Waals surface area contributed by atoms with Gasteiger partial charge >= 0.3 is 5.97 Å². The van der Waals surface area contributed by atoms with Crippen molar-refractivity contribution in [2.24, 2.45) is 0 Å². The zero-order valence-electron chi connectivity index (χ0n) is 13.7. The van der Waals surface area contributed by atoms with Crippen molar-refractivity contribution in [3.63, 3.8) is 0 Å². The van der Waals surface area contributed by atoms with Crippen molar-refractivity contribution in [3.8, 4) is 11.5 Å². The molecule has 2 aromatic carbocycles. The SMILES string of the molecule is CCOc1cc(/C=C(/C)[N+](=O)[O-])ccc1OC(=O)c1ccc(Cl)cc1. The molecule has 0 heterocycles. The molecule has 0 spiro atoms. The minimum absolute atomic E-state index is 0.00615. The van der Waals surface area contributed by atoms with Crippen molar-refractivity contribution < 1.29 is 19.2 Å². The van der Waals surface area contributed by atoms with E-state index in [9.17, 15) is 14.9 Å². The van der Waals surface area contributed by atoms with E-state index >= 15 is 0 Å². The number of nitro groups is 1. The number of allylic oxidation sites excluding steroid dienone is 1. The molecule has 2 rings (SSSR count). The van der Waals surface area contributed by atoms with Gasteiger partial charge in [-0.15, -0.1) is 0 Å². The number of carbonyl (C=O) groups excluding carboxylic acids is 1. The predicted molar refractivity (Wildman–Crippen MR) is 94.7 cm³/mol. The first kappa shape index (κ1) is 18.5. The van der Waals surface area contributed by atoms with Crippen LogP contribution in [0.25, 0.3) is 6.08 Å². The van der Waals surface area contributed by atoms with Crippen LogP contribution in [0.15, 0.2) is 48.2 Å². The van der Waals surface area contributed by atoms with Crippen LogP contribution in [0.3, 0.4) is 0 Å². The number of esters is 1. The van der Waals surface area contributed by atoms with Crippen LogP contribution in [-0.2, 0) is 0 Å². The summed E-state index contributed by atoms with van der Waals surface area (Å²) < 4.78 is 10.8. The van der Waals surface area contributed by atoms with E-state index in [4.69, 9.17) is 21.1 Å². The topological polar surface area (TPSA) is 78.7 Å². The largest absolute Gasteiger partial charge is 0.490 e. The normalized spacial score (nSPS) is 11.1. The van der Waals surface area contributed by atoms with Crippen LogP contribution in [0.1, 0.15) is 29.8 Å². The number of halogens is 1. The first-order valence-corrected chi connectivity index (χ1v) is 7.85. The van der Waals surface area contributed by atoms with E-state index in [1.165, 1.54) is 19.1 Å². The molecule has 0 saturated carbocycles. The van der Waals surface area contributed by atoms with Crippen molar-refractivity contribution in [2.75, 3.05) is 6.61 Å². The zero-order chi connectivity index (χ0) is 18.4. The molecule has 25 heavy (non-hydrogen) atoms. The Bertz CT molecular complexity index is 815. The lowest BCUT2D eigenvalue weighted by atomic mass is 10.1. The summed E-state index contributed by atoms with van der Waals surface area (Å²) in [6.45, 7) is 3.54. The van der Waals surface area contributed by atoms with Gasteiger partial charge in [0, 0.05) is 18.0 Å². The summed E-state index contributed by atoms with van der Waals surface area (Å²) in [7, 11) is 0.